The van der Waals surface area contributed by atoms with Gasteiger partial charge in [-0.25, -0.2) is 0 Å². The van der Waals surface area contributed by atoms with Crippen LogP contribution in [0.2, 0.25) is 0 Å². The molecule has 1 aromatic heterocycles. The molecule has 0 radical (unpaired) electrons. The summed E-state index contributed by atoms with van der Waals surface area (Å²) >= 11 is 5.53. The molecule has 0 bridgehead atoms. The van der Waals surface area contributed by atoms with Crippen LogP contribution in [0.4, 0.5) is 0 Å². The maximum atomic E-state index is 9.34. The molecule has 0 aliphatic carbocycles. The van der Waals surface area contributed by atoms with Gasteiger partial charge in [-0.2, -0.15) is 0 Å². The lowest BCUT2D eigenvalue weighted by Gasteiger charge is -2.18. The molecule has 84 valence electrons. The van der Waals surface area contributed by atoms with E-state index in [0.717, 1.165) is 13.0 Å². The maximum absolute atomic E-state index is 9.34. The summed E-state index contributed by atoms with van der Waals surface area (Å²) in [6.45, 7) is 1.53. The average molecular weight is 229 g/mol. The van der Waals surface area contributed by atoms with Crippen molar-refractivity contribution in [3.63, 3.8) is 0 Å². The number of alkyl halides is 1. The first-order valence-corrected chi connectivity index (χ1v) is 5.57. The third-order valence-corrected chi connectivity index (χ3v) is 2.59. The van der Waals surface area contributed by atoms with E-state index in [1.807, 2.05) is 19.2 Å². The lowest BCUT2D eigenvalue weighted by Crippen LogP contribution is -2.31. The SMILES string of the molecule is CN(CCc1ccncc1)CC(O)CCl. The number of aliphatic hydroxyl groups excluding tert-OH is 1. The molecule has 15 heavy (non-hydrogen) atoms. The highest BCUT2D eigenvalue weighted by Gasteiger charge is 2.06. The Labute approximate surface area is 95.7 Å². The molecule has 1 heterocycles. The summed E-state index contributed by atoms with van der Waals surface area (Å²) < 4.78 is 0. The van der Waals surface area contributed by atoms with Crippen LogP contribution in [0.25, 0.3) is 0 Å². The van der Waals surface area contributed by atoms with E-state index in [1.165, 1.54) is 5.56 Å². The highest BCUT2D eigenvalue weighted by atomic mass is 35.5. The van der Waals surface area contributed by atoms with Crippen molar-refractivity contribution in [1.29, 1.82) is 0 Å². The second kappa shape index (κ2) is 6.77. The minimum absolute atomic E-state index is 0.291. The molecule has 0 saturated carbocycles. The highest BCUT2D eigenvalue weighted by molar-refractivity contribution is 6.18. The molecule has 1 unspecified atom stereocenters. The van der Waals surface area contributed by atoms with Gasteiger partial charge in [0.1, 0.15) is 0 Å². The zero-order valence-corrected chi connectivity index (χ0v) is 9.69. The van der Waals surface area contributed by atoms with Crippen LogP contribution in [-0.2, 0) is 6.42 Å². The molecular formula is C11H17ClN2O. The molecular weight excluding hydrogens is 212 g/mol. The van der Waals surface area contributed by atoms with Crippen LogP contribution < -0.4 is 0 Å². The Morgan fingerprint density at radius 2 is 2.13 bits per heavy atom. The molecule has 1 rings (SSSR count). The Balaban J connectivity index is 2.25. The van der Waals surface area contributed by atoms with E-state index in [4.69, 9.17) is 11.6 Å². The number of aromatic nitrogens is 1. The Morgan fingerprint density at radius 3 is 2.73 bits per heavy atom. The largest absolute Gasteiger partial charge is 0.391 e. The van der Waals surface area contributed by atoms with E-state index in [2.05, 4.69) is 9.88 Å². The molecule has 0 aromatic carbocycles. The molecule has 0 fully saturated rings. The van der Waals surface area contributed by atoms with E-state index in [1.54, 1.807) is 12.4 Å². The minimum Gasteiger partial charge on any atom is -0.391 e. The van der Waals surface area contributed by atoms with Gasteiger partial charge in [0.2, 0.25) is 0 Å². The lowest BCUT2D eigenvalue weighted by molar-refractivity contribution is 0.145. The van der Waals surface area contributed by atoms with Gasteiger partial charge in [0, 0.05) is 31.4 Å². The van der Waals surface area contributed by atoms with E-state index in [9.17, 15) is 5.11 Å². The van der Waals surface area contributed by atoms with Gasteiger partial charge in [-0.05, 0) is 31.2 Å². The fourth-order valence-corrected chi connectivity index (χ4v) is 1.47. The maximum Gasteiger partial charge on any atom is 0.0802 e. The number of hydrogen-bond acceptors (Lipinski definition) is 3. The predicted molar refractivity (Wildman–Crippen MR) is 62.2 cm³/mol. The molecule has 0 saturated heterocycles. The summed E-state index contributed by atoms with van der Waals surface area (Å²) in [7, 11) is 1.98. The number of aliphatic hydroxyl groups is 1. The fourth-order valence-electron chi connectivity index (χ4n) is 1.37. The van der Waals surface area contributed by atoms with Crippen LogP contribution in [-0.4, -0.2) is 47.1 Å². The molecule has 0 aliphatic heterocycles. The summed E-state index contributed by atoms with van der Waals surface area (Å²) in [5.74, 6) is 0.291. The first-order chi connectivity index (χ1) is 7.22. The standard InChI is InChI=1S/C11H17ClN2O/c1-14(9-11(15)8-12)7-4-10-2-5-13-6-3-10/h2-3,5-6,11,15H,4,7-9H2,1H3. The molecule has 1 aromatic rings. The molecule has 4 heteroatoms. The number of halogens is 1. The van der Waals surface area contributed by atoms with Crippen molar-refractivity contribution in [2.75, 3.05) is 26.0 Å². The van der Waals surface area contributed by atoms with Crippen molar-refractivity contribution in [3.8, 4) is 0 Å². The van der Waals surface area contributed by atoms with Gasteiger partial charge in [-0.1, -0.05) is 0 Å². The summed E-state index contributed by atoms with van der Waals surface area (Å²) in [5.41, 5.74) is 1.26. The summed E-state index contributed by atoms with van der Waals surface area (Å²) in [6, 6.07) is 4.01. The first-order valence-electron chi connectivity index (χ1n) is 5.04. The zero-order chi connectivity index (χ0) is 11.1. The van der Waals surface area contributed by atoms with Gasteiger partial charge in [-0.15, -0.1) is 11.6 Å². The van der Waals surface area contributed by atoms with Gasteiger partial charge < -0.3 is 10.0 Å². The van der Waals surface area contributed by atoms with E-state index in [0.29, 0.717) is 12.4 Å². The van der Waals surface area contributed by atoms with Crippen LogP contribution >= 0.6 is 11.6 Å². The second-order valence-electron chi connectivity index (χ2n) is 3.68. The number of pyridine rings is 1. The molecule has 0 spiro atoms. The fraction of sp³-hybridized carbons (Fsp3) is 0.545. The smallest absolute Gasteiger partial charge is 0.0802 e. The monoisotopic (exact) mass is 228 g/mol. The topological polar surface area (TPSA) is 36.4 Å². The number of likely N-dealkylation sites (N-methyl/N-ethyl adjacent to an activating group) is 1. The molecule has 0 aliphatic rings. The quantitative estimate of drug-likeness (QED) is 0.743. The van der Waals surface area contributed by atoms with Crippen molar-refractivity contribution in [2.45, 2.75) is 12.5 Å². The first kappa shape index (κ1) is 12.4. The normalized spacial score (nSPS) is 13.1. The summed E-state index contributed by atoms with van der Waals surface area (Å²) in [4.78, 5) is 6.04. The molecule has 1 N–H and O–H groups in total. The van der Waals surface area contributed by atoms with Crippen LogP contribution in [0.3, 0.4) is 0 Å². The number of nitrogens with zero attached hydrogens (tertiary/aromatic N) is 2. The van der Waals surface area contributed by atoms with Crippen LogP contribution in [0.15, 0.2) is 24.5 Å². The number of rotatable bonds is 6. The highest BCUT2D eigenvalue weighted by Crippen LogP contribution is 2.00. The Hall–Kier alpha value is -0.640. The van der Waals surface area contributed by atoms with Crippen LogP contribution in [0, 0.1) is 0 Å². The summed E-state index contributed by atoms with van der Waals surface area (Å²) in [5, 5.41) is 9.34. The molecule has 1 atom stereocenters. The van der Waals surface area contributed by atoms with Gasteiger partial charge in [0.15, 0.2) is 0 Å². The Morgan fingerprint density at radius 1 is 1.47 bits per heavy atom. The van der Waals surface area contributed by atoms with Crippen LogP contribution in [0.1, 0.15) is 5.56 Å². The molecule has 0 amide bonds. The van der Waals surface area contributed by atoms with Crippen molar-refractivity contribution >= 4 is 11.6 Å². The zero-order valence-electron chi connectivity index (χ0n) is 8.93. The van der Waals surface area contributed by atoms with Gasteiger partial charge in [0.05, 0.1) is 6.10 Å². The predicted octanol–water partition coefficient (Wildman–Crippen LogP) is 1.16. The Kier molecular flexibility index (Phi) is 5.61. The average Bonchev–Trinajstić information content (AvgIpc) is 2.27. The molecule has 3 nitrogen and oxygen atoms in total. The van der Waals surface area contributed by atoms with Crippen molar-refractivity contribution in [3.05, 3.63) is 30.1 Å². The van der Waals surface area contributed by atoms with Crippen molar-refractivity contribution in [2.24, 2.45) is 0 Å². The van der Waals surface area contributed by atoms with Gasteiger partial charge >= 0.3 is 0 Å². The van der Waals surface area contributed by atoms with Crippen molar-refractivity contribution < 1.29 is 5.11 Å². The van der Waals surface area contributed by atoms with Gasteiger partial charge in [0.25, 0.3) is 0 Å². The minimum atomic E-state index is -0.436. The van der Waals surface area contributed by atoms with Crippen molar-refractivity contribution in [1.82, 2.24) is 9.88 Å². The third-order valence-electron chi connectivity index (χ3n) is 2.23. The number of hydrogen-bond donors (Lipinski definition) is 1. The van der Waals surface area contributed by atoms with Gasteiger partial charge in [-0.3, -0.25) is 4.98 Å². The lowest BCUT2D eigenvalue weighted by atomic mass is 10.2. The van der Waals surface area contributed by atoms with E-state index in [-0.39, 0.29) is 0 Å². The summed E-state index contributed by atoms with van der Waals surface area (Å²) in [6.07, 6.45) is 4.12. The Bertz CT molecular complexity index is 269. The second-order valence-corrected chi connectivity index (χ2v) is 3.98. The van der Waals surface area contributed by atoms with Crippen LogP contribution in [0.5, 0.6) is 0 Å². The van der Waals surface area contributed by atoms with E-state index >= 15 is 0 Å². The third kappa shape index (κ3) is 5.11. The van der Waals surface area contributed by atoms with E-state index < -0.39 is 6.10 Å².